The number of hydrogen-bond acceptors (Lipinski definition) is 2. The summed E-state index contributed by atoms with van der Waals surface area (Å²) in [6.45, 7) is 7.00. The number of carboxylic acids is 1. The molecule has 2 amide bonds. The molecule has 0 saturated heterocycles. The number of carboxylic acid groups (broad SMARTS) is 1. The number of anilines is 1. The topological polar surface area (TPSA) is 60.9 Å². The molecule has 1 N–H and O–H groups in total. The molecule has 5 heteroatoms. The zero-order valence-corrected chi connectivity index (χ0v) is 12.7. The van der Waals surface area contributed by atoms with Crippen molar-refractivity contribution in [3.8, 4) is 0 Å². The maximum Gasteiger partial charge on any atom is 0.324 e. The molecule has 5 nitrogen and oxygen atoms in total. The Hall–Kier alpha value is -2.04. The first kappa shape index (κ1) is 15.4. The highest BCUT2D eigenvalue weighted by atomic mass is 16.4. The zero-order chi connectivity index (χ0) is 15.6. The molecule has 1 unspecified atom stereocenters. The van der Waals surface area contributed by atoms with E-state index in [0.29, 0.717) is 13.1 Å². The summed E-state index contributed by atoms with van der Waals surface area (Å²) in [5, 5.41) is 9.05. The van der Waals surface area contributed by atoms with Crippen LogP contribution in [0.3, 0.4) is 0 Å². The largest absolute Gasteiger partial charge is 0.481 e. The van der Waals surface area contributed by atoms with Crippen LogP contribution in [-0.4, -0.2) is 41.1 Å². The molecule has 0 bridgehead atoms. The fourth-order valence-electron chi connectivity index (χ4n) is 2.94. The van der Waals surface area contributed by atoms with E-state index in [9.17, 15) is 9.59 Å². The Labute approximate surface area is 125 Å². The summed E-state index contributed by atoms with van der Waals surface area (Å²) in [5.41, 5.74) is 1.79. The number of para-hydroxylation sites is 1. The van der Waals surface area contributed by atoms with Crippen molar-refractivity contribution in [2.75, 3.05) is 18.0 Å². The third-order valence-electron chi connectivity index (χ3n) is 3.93. The number of carbonyl (C=O) groups excluding carboxylic acids is 1. The van der Waals surface area contributed by atoms with Gasteiger partial charge in [-0.15, -0.1) is 0 Å². The summed E-state index contributed by atoms with van der Waals surface area (Å²) in [7, 11) is 0. The number of benzene rings is 1. The second-order valence-corrected chi connectivity index (χ2v) is 5.63. The standard InChI is InChI=1S/C16H22N2O3/c1-4-17(11(2)3)16(21)18-10-12(9-15(19)20)13-7-5-6-8-14(13)18/h5-8,11-12H,4,9-10H2,1-3H3,(H,19,20). The smallest absolute Gasteiger partial charge is 0.324 e. The molecule has 114 valence electrons. The van der Waals surface area contributed by atoms with E-state index in [1.165, 1.54) is 0 Å². The van der Waals surface area contributed by atoms with Crippen LogP contribution in [0.1, 0.15) is 38.7 Å². The molecule has 1 aliphatic rings. The van der Waals surface area contributed by atoms with Gasteiger partial charge in [0.1, 0.15) is 0 Å². The van der Waals surface area contributed by atoms with E-state index < -0.39 is 5.97 Å². The normalized spacial score (nSPS) is 17.0. The lowest BCUT2D eigenvalue weighted by molar-refractivity contribution is -0.137. The third-order valence-corrected chi connectivity index (χ3v) is 3.93. The second kappa shape index (κ2) is 6.16. The summed E-state index contributed by atoms with van der Waals surface area (Å²) >= 11 is 0. The van der Waals surface area contributed by atoms with Crippen LogP contribution in [0.4, 0.5) is 10.5 Å². The van der Waals surface area contributed by atoms with Crippen LogP contribution < -0.4 is 4.90 Å². The van der Waals surface area contributed by atoms with Gasteiger partial charge in [0.2, 0.25) is 0 Å². The van der Waals surface area contributed by atoms with E-state index in [1.54, 1.807) is 9.80 Å². The van der Waals surface area contributed by atoms with Gasteiger partial charge in [-0.25, -0.2) is 4.79 Å². The molecule has 0 saturated carbocycles. The Bertz CT molecular complexity index is 542. The van der Waals surface area contributed by atoms with E-state index in [1.807, 2.05) is 45.0 Å². The van der Waals surface area contributed by atoms with Crippen molar-refractivity contribution < 1.29 is 14.7 Å². The molecule has 1 aliphatic heterocycles. The molecule has 0 fully saturated rings. The predicted octanol–water partition coefficient (Wildman–Crippen LogP) is 2.92. The van der Waals surface area contributed by atoms with Crippen LogP contribution in [0, 0.1) is 0 Å². The van der Waals surface area contributed by atoms with Crippen LogP contribution in [-0.2, 0) is 4.79 Å². The van der Waals surface area contributed by atoms with E-state index in [2.05, 4.69) is 0 Å². The molecular formula is C16H22N2O3. The maximum atomic E-state index is 12.7. The molecule has 0 radical (unpaired) electrons. The fraction of sp³-hybridized carbons (Fsp3) is 0.500. The zero-order valence-electron chi connectivity index (χ0n) is 12.7. The molecular weight excluding hydrogens is 268 g/mol. The van der Waals surface area contributed by atoms with Gasteiger partial charge in [0, 0.05) is 30.7 Å². The lowest BCUT2D eigenvalue weighted by atomic mass is 9.98. The number of aliphatic carboxylic acids is 1. The van der Waals surface area contributed by atoms with Crippen LogP contribution in [0.2, 0.25) is 0 Å². The van der Waals surface area contributed by atoms with Gasteiger partial charge >= 0.3 is 12.0 Å². The van der Waals surface area contributed by atoms with Crippen molar-refractivity contribution in [1.82, 2.24) is 4.90 Å². The Morgan fingerprint density at radius 1 is 1.38 bits per heavy atom. The van der Waals surface area contributed by atoms with Crippen molar-refractivity contribution in [3.05, 3.63) is 29.8 Å². The van der Waals surface area contributed by atoms with Gasteiger partial charge in [0.15, 0.2) is 0 Å². The minimum Gasteiger partial charge on any atom is -0.481 e. The number of amides is 2. The summed E-state index contributed by atoms with van der Waals surface area (Å²) in [6.07, 6.45) is 0.0502. The monoisotopic (exact) mass is 290 g/mol. The van der Waals surface area contributed by atoms with Gasteiger partial charge in [-0.2, -0.15) is 0 Å². The summed E-state index contributed by atoms with van der Waals surface area (Å²) in [6, 6.07) is 7.65. The van der Waals surface area contributed by atoms with E-state index in [-0.39, 0.29) is 24.4 Å². The summed E-state index contributed by atoms with van der Waals surface area (Å²) in [4.78, 5) is 27.2. The second-order valence-electron chi connectivity index (χ2n) is 5.63. The average molecular weight is 290 g/mol. The number of rotatable bonds is 4. The van der Waals surface area contributed by atoms with E-state index in [4.69, 9.17) is 5.11 Å². The molecule has 0 spiro atoms. The molecule has 2 rings (SSSR count). The first-order valence-electron chi connectivity index (χ1n) is 7.34. The first-order valence-corrected chi connectivity index (χ1v) is 7.34. The number of urea groups is 1. The number of nitrogens with zero attached hydrogens (tertiary/aromatic N) is 2. The summed E-state index contributed by atoms with van der Waals surface area (Å²) < 4.78 is 0. The van der Waals surface area contributed by atoms with E-state index >= 15 is 0 Å². The minimum absolute atomic E-state index is 0.0483. The van der Waals surface area contributed by atoms with Crippen molar-refractivity contribution in [2.24, 2.45) is 0 Å². The van der Waals surface area contributed by atoms with Gasteiger partial charge in [0.25, 0.3) is 0 Å². The van der Waals surface area contributed by atoms with Crippen LogP contribution >= 0.6 is 0 Å². The maximum absolute atomic E-state index is 12.7. The van der Waals surface area contributed by atoms with Gasteiger partial charge in [-0.05, 0) is 32.4 Å². The van der Waals surface area contributed by atoms with Crippen LogP contribution in [0.5, 0.6) is 0 Å². The first-order chi connectivity index (χ1) is 9.95. The molecule has 0 aromatic heterocycles. The SMILES string of the molecule is CCN(C(=O)N1CC(CC(=O)O)c2ccccc21)C(C)C. The quantitative estimate of drug-likeness (QED) is 0.927. The summed E-state index contributed by atoms with van der Waals surface area (Å²) in [5.74, 6) is -0.964. The Balaban J connectivity index is 2.30. The number of fused-ring (bicyclic) bond motifs is 1. The lowest BCUT2D eigenvalue weighted by Gasteiger charge is -2.30. The molecule has 1 aromatic rings. The molecule has 1 aromatic carbocycles. The lowest BCUT2D eigenvalue weighted by Crippen LogP contribution is -2.46. The van der Waals surface area contributed by atoms with Gasteiger partial charge < -0.3 is 10.0 Å². The van der Waals surface area contributed by atoms with Crippen LogP contribution in [0.15, 0.2) is 24.3 Å². The van der Waals surface area contributed by atoms with Gasteiger partial charge in [0.05, 0.1) is 6.42 Å². The van der Waals surface area contributed by atoms with Gasteiger partial charge in [-0.1, -0.05) is 18.2 Å². The average Bonchev–Trinajstić information content (AvgIpc) is 2.77. The predicted molar refractivity (Wildman–Crippen MR) is 81.7 cm³/mol. The van der Waals surface area contributed by atoms with Crippen molar-refractivity contribution in [3.63, 3.8) is 0 Å². The van der Waals surface area contributed by atoms with Gasteiger partial charge in [-0.3, -0.25) is 9.69 Å². The van der Waals surface area contributed by atoms with Crippen molar-refractivity contribution in [2.45, 2.75) is 39.2 Å². The molecule has 21 heavy (non-hydrogen) atoms. The molecule has 1 heterocycles. The van der Waals surface area contributed by atoms with E-state index in [0.717, 1.165) is 11.3 Å². The number of carbonyl (C=O) groups is 2. The molecule has 0 aliphatic carbocycles. The fourth-order valence-corrected chi connectivity index (χ4v) is 2.94. The Morgan fingerprint density at radius 3 is 2.62 bits per heavy atom. The highest BCUT2D eigenvalue weighted by molar-refractivity contribution is 5.95. The Morgan fingerprint density at radius 2 is 2.05 bits per heavy atom. The number of hydrogen-bond donors (Lipinski definition) is 1. The Kier molecular flexibility index (Phi) is 4.50. The highest BCUT2D eigenvalue weighted by Crippen LogP contribution is 2.38. The highest BCUT2D eigenvalue weighted by Gasteiger charge is 2.35. The third kappa shape index (κ3) is 3.01. The van der Waals surface area contributed by atoms with Crippen LogP contribution in [0.25, 0.3) is 0 Å². The van der Waals surface area contributed by atoms with Crippen molar-refractivity contribution >= 4 is 17.7 Å². The molecule has 1 atom stereocenters. The minimum atomic E-state index is -0.833. The van der Waals surface area contributed by atoms with Crippen molar-refractivity contribution in [1.29, 1.82) is 0 Å².